The molecule has 2 fully saturated rings. The minimum Gasteiger partial charge on any atom is -0.381 e. The lowest BCUT2D eigenvalue weighted by molar-refractivity contribution is 0.0888. The van der Waals surface area contributed by atoms with Crippen LogP contribution in [0.2, 0.25) is 0 Å². The third kappa shape index (κ3) is 7.09. The van der Waals surface area contributed by atoms with E-state index in [0.717, 1.165) is 83.5 Å². The second kappa shape index (κ2) is 12.1. The van der Waals surface area contributed by atoms with Gasteiger partial charge < -0.3 is 25.0 Å². The highest BCUT2D eigenvalue weighted by molar-refractivity contribution is 5.79. The number of rotatable bonds is 10. The normalized spacial score (nSPS) is 22.0. The van der Waals surface area contributed by atoms with Gasteiger partial charge in [0.2, 0.25) is 0 Å². The van der Waals surface area contributed by atoms with Crippen molar-refractivity contribution in [1.29, 1.82) is 0 Å². The van der Waals surface area contributed by atoms with Gasteiger partial charge in [-0.05, 0) is 44.2 Å². The molecule has 0 amide bonds. The summed E-state index contributed by atoms with van der Waals surface area (Å²) in [4.78, 5) is 6.81. The Labute approximate surface area is 178 Å². The van der Waals surface area contributed by atoms with Crippen LogP contribution in [0.4, 0.5) is 14.5 Å². The maximum absolute atomic E-state index is 13.5. The zero-order valence-corrected chi connectivity index (χ0v) is 17.8. The number of benzene rings is 1. The summed E-state index contributed by atoms with van der Waals surface area (Å²) in [6.45, 7) is 9.18. The lowest BCUT2D eigenvalue weighted by Gasteiger charge is -2.18. The van der Waals surface area contributed by atoms with Crippen molar-refractivity contribution in [3.63, 3.8) is 0 Å². The molecule has 0 aliphatic carbocycles. The first-order chi connectivity index (χ1) is 14.7. The van der Waals surface area contributed by atoms with Crippen molar-refractivity contribution in [1.82, 2.24) is 10.6 Å². The van der Waals surface area contributed by atoms with E-state index < -0.39 is 11.6 Å². The first-order valence-corrected chi connectivity index (χ1v) is 11.0. The number of halogens is 2. The third-order valence-corrected chi connectivity index (χ3v) is 5.54. The average Bonchev–Trinajstić information content (AvgIpc) is 3.43. The van der Waals surface area contributed by atoms with Crippen LogP contribution in [0.15, 0.2) is 23.2 Å². The van der Waals surface area contributed by atoms with Crippen LogP contribution in [0.5, 0.6) is 0 Å². The highest BCUT2D eigenvalue weighted by Gasteiger charge is 2.23. The van der Waals surface area contributed by atoms with E-state index in [4.69, 9.17) is 14.5 Å². The molecule has 0 bridgehead atoms. The summed E-state index contributed by atoms with van der Waals surface area (Å²) in [5.41, 5.74) is 0.731. The largest absolute Gasteiger partial charge is 0.381 e. The van der Waals surface area contributed by atoms with E-state index in [9.17, 15) is 8.78 Å². The molecule has 0 spiro atoms. The summed E-state index contributed by atoms with van der Waals surface area (Å²) >= 11 is 0. The van der Waals surface area contributed by atoms with Gasteiger partial charge in [-0.25, -0.2) is 8.78 Å². The number of anilines is 1. The van der Waals surface area contributed by atoms with Crippen LogP contribution in [-0.4, -0.2) is 65.1 Å². The van der Waals surface area contributed by atoms with Crippen LogP contribution in [0.25, 0.3) is 0 Å². The van der Waals surface area contributed by atoms with E-state index in [0.29, 0.717) is 18.4 Å². The van der Waals surface area contributed by atoms with E-state index in [1.165, 1.54) is 12.1 Å². The second-order valence-corrected chi connectivity index (χ2v) is 8.00. The standard InChI is InChI=1S/C22H34F2N4O2/c1-2-25-22(26-8-3-10-29-15-18-7-11-30-16-18)27-13-17-6-9-28(14-17)19-4-5-20(23)21(24)12-19/h4-5,12,17-18H,2-3,6-11,13-16H2,1H3,(H2,25,26,27). The molecule has 8 heteroatoms. The summed E-state index contributed by atoms with van der Waals surface area (Å²) in [7, 11) is 0. The molecular weight excluding hydrogens is 390 g/mol. The molecule has 168 valence electrons. The molecule has 1 aromatic carbocycles. The minimum atomic E-state index is -0.807. The Bertz CT molecular complexity index is 683. The fourth-order valence-electron chi connectivity index (χ4n) is 3.81. The molecule has 6 nitrogen and oxygen atoms in total. The Morgan fingerprint density at radius 3 is 2.90 bits per heavy atom. The third-order valence-electron chi connectivity index (χ3n) is 5.54. The van der Waals surface area contributed by atoms with Gasteiger partial charge >= 0.3 is 0 Å². The van der Waals surface area contributed by atoms with Crippen LogP contribution < -0.4 is 15.5 Å². The van der Waals surface area contributed by atoms with Crippen molar-refractivity contribution in [2.24, 2.45) is 16.8 Å². The summed E-state index contributed by atoms with van der Waals surface area (Å²) in [6, 6.07) is 4.10. The van der Waals surface area contributed by atoms with Crippen LogP contribution >= 0.6 is 0 Å². The fraction of sp³-hybridized carbons (Fsp3) is 0.682. The van der Waals surface area contributed by atoms with Crippen molar-refractivity contribution in [3.8, 4) is 0 Å². The van der Waals surface area contributed by atoms with Crippen molar-refractivity contribution >= 4 is 11.6 Å². The van der Waals surface area contributed by atoms with Gasteiger partial charge in [0.05, 0.1) is 13.2 Å². The van der Waals surface area contributed by atoms with Gasteiger partial charge in [-0.1, -0.05) is 0 Å². The van der Waals surface area contributed by atoms with E-state index in [2.05, 4.69) is 15.5 Å². The van der Waals surface area contributed by atoms with Gasteiger partial charge in [0.15, 0.2) is 17.6 Å². The summed E-state index contributed by atoms with van der Waals surface area (Å²) in [5, 5.41) is 6.63. The van der Waals surface area contributed by atoms with Crippen LogP contribution in [0, 0.1) is 23.5 Å². The van der Waals surface area contributed by atoms with Gasteiger partial charge in [-0.2, -0.15) is 0 Å². The maximum atomic E-state index is 13.5. The highest BCUT2D eigenvalue weighted by atomic mass is 19.2. The molecule has 2 aliphatic heterocycles. The van der Waals surface area contributed by atoms with Gasteiger partial charge in [-0.3, -0.25) is 4.99 Å². The SMILES string of the molecule is CCNC(=NCC1CCN(c2ccc(F)c(F)c2)C1)NCCCOCC1CCOC1. The summed E-state index contributed by atoms with van der Waals surface area (Å²) in [5.74, 6) is 0.152. The number of hydrogen-bond donors (Lipinski definition) is 2. The minimum absolute atomic E-state index is 0.394. The zero-order chi connectivity index (χ0) is 21.2. The number of hydrogen-bond acceptors (Lipinski definition) is 4. The fourth-order valence-corrected chi connectivity index (χ4v) is 3.81. The molecule has 2 unspecified atom stereocenters. The Morgan fingerprint density at radius 2 is 2.13 bits per heavy atom. The zero-order valence-electron chi connectivity index (χ0n) is 17.8. The van der Waals surface area contributed by atoms with Gasteiger partial charge in [0, 0.05) is 63.6 Å². The monoisotopic (exact) mass is 424 g/mol. The van der Waals surface area contributed by atoms with E-state index >= 15 is 0 Å². The van der Waals surface area contributed by atoms with Crippen LogP contribution in [0.3, 0.4) is 0 Å². The van der Waals surface area contributed by atoms with Crippen molar-refractivity contribution in [3.05, 3.63) is 29.8 Å². The quantitative estimate of drug-likeness (QED) is 0.344. The predicted molar refractivity (Wildman–Crippen MR) is 115 cm³/mol. The molecule has 30 heavy (non-hydrogen) atoms. The van der Waals surface area contributed by atoms with Crippen LogP contribution in [-0.2, 0) is 9.47 Å². The number of nitrogens with zero attached hydrogens (tertiary/aromatic N) is 2. The lowest BCUT2D eigenvalue weighted by Crippen LogP contribution is -2.38. The number of ether oxygens (including phenoxy) is 2. The van der Waals surface area contributed by atoms with Crippen molar-refractivity contribution in [2.45, 2.75) is 26.2 Å². The molecule has 1 aromatic rings. The Hall–Kier alpha value is -1.93. The second-order valence-electron chi connectivity index (χ2n) is 8.00. The number of aliphatic imine (C=N–C) groups is 1. The molecule has 2 aliphatic rings. The molecule has 0 saturated carbocycles. The van der Waals surface area contributed by atoms with Crippen molar-refractivity contribution < 1.29 is 18.3 Å². The lowest BCUT2D eigenvalue weighted by atomic mass is 10.1. The number of guanidine groups is 1. The molecule has 0 radical (unpaired) electrons. The molecule has 3 rings (SSSR count). The van der Waals surface area contributed by atoms with E-state index in [1.54, 1.807) is 6.07 Å². The number of nitrogens with one attached hydrogen (secondary N) is 2. The summed E-state index contributed by atoms with van der Waals surface area (Å²) in [6.07, 6.45) is 3.01. The Kier molecular flexibility index (Phi) is 9.14. The highest BCUT2D eigenvalue weighted by Crippen LogP contribution is 2.25. The molecule has 2 N–H and O–H groups in total. The van der Waals surface area contributed by atoms with Gasteiger partial charge in [0.1, 0.15) is 0 Å². The van der Waals surface area contributed by atoms with E-state index in [-0.39, 0.29) is 0 Å². The summed E-state index contributed by atoms with van der Waals surface area (Å²) < 4.78 is 37.7. The topological polar surface area (TPSA) is 58.1 Å². The first-order valence-electron chi connectivity index (χ1n) is 11.0. The first kappa shape index (κ1) is 22.7. The molecule has 0 aromatic heterocycles. The van der Waals surface area contributed by atoms with Crippen molar-refractivity contribution in [2.75, 3.05) is 64.1 Å². The Balaban J connectivity index is 1.36. The average molecular weight is 425 g/mol. The maximum Gasteiger partial charge on any atom is 0.191 e. The van der Waals surface area contributed by atoms with Gasteiger partial charge in [0.25, 0.3) is 0 Å². The molecule has 2 atom stereocenters. The smallest absolute Gasteiger partial charge is 0.191 e. The molecule has 2 saturated heterocycles. The van der Waals surface area contributed by atoms with Crippen LogP contribution in [0.1, 0.15) is 26.2 Å². The predicted octanol–water partition coefficient (Wildman–Crippen LogP) is 2.79. The van der Waals surface area contributed by atoms with E-state index in [1.807, 2.05) is 6.92 Å². The Morgan fingerprint density at radius 1 is 1.23 bits per heavy atom. The van der Waals surface area contributed by atoms with Gasteiger partial charge in [-0.15, -0.1) is 0 Å². The molecular formula is C22H34F2N4O2. The molecule has 2 heterocycles.